The summed E-state index contributed by atoms with van der Waals surface area (Å²) in [7, 11) is 0. The quantitative estimate of drug-likeness (QED) is 0.935. The number of alkyl halides is 3. The standard InChI is InChI=1S/C14H10F3N3O/c15-14(16,17)9-21-12-5-1-3-10(7-12)19-13-6-2-4-11(8-18)20-13/h1-7H,9H2,(H,19,20). The Morgan fingerprint density at radius 2 is 1.95 bits per heavy atom. The number of nitrogens with one attached hydrogen (secondary N) is 1. The van der Waals surface area contributed by atoms with Crippen LogP contribution < -0.4 is 10.1 Å². The van der Waals surface area contributed by atoms with Crippen LogP contribution in [-0.4, -0.2) is 17.8 Å². The van der Waals surface area contributed by atoms with E-state index in [2.05, 4.69) is 15.0 Å². The van der Waals surface area contributed by atoms with Crippen LogP contribution in [0, 0.1) is 11.3 Å². The molecule has 0 atom stereocenters. The van der Waals surface area contributed by atoms with Gasteiger partial charge in [0.05, 0.1) is 0 Å². The highest BCUT2D eigenvalue weighted by molar-refractivity contribution is 5.58. The zero-order valence-electron chi connectivity index (χ0n) is 10.7. The van der Waals surface area contributed by atoms with Crippen LogP contribution in [-0.2, 0) is 0 Å². The first kappa shape index (κ1) is 14.7. The molecule has 0 fully saturated rings. The van der Waals surface area contributed by atoms with E-state index in [0.717, 1.165) is 0 Å². The summed E-state index contributed by atoms with van der Waals surface area (Å²) >= 11 is 0. The van der Waals surface area contributed by atoms with Gasteiger partial charge in [-0.1, -0.05) is 12.1 Å². The lowest BCUT2D eigenvalue weighted by atomic mass is 10.3. The number of halogens is 3. The molecule has 0 saturated heterocycles. The highest BCUT2D eigenvalue weighted by Crippen LogP contribution is 2.23. The van der Waals surface area contributed by atoms with Gasteiger partial charge >= 0.3 is 6.18 Å². The van der Waals surface area contributed by atoms with Gasteiger partial charge in [0.1, 0.15) is 23.3 Å². The fourth-order valence-corrected chi connectivity index (χ4v) is 1.54. The van der Waals surface area contributed by atoms with E-state index < -0.39 is 12.8 Å². The van der Waals surface area contributed by atoms with Gasteiger partial charge in [-0.05, 0) is 24.3 Å². The molecule has 7 heteroatoms. The summed E-state index contributed by atoms with van der Waals surface area (Å²) in [6.45, 7) is -1.35. The lowest BCUT2D eigenvalue weighted by molar-refractivity contribution is -0.153. The molecule has 0 amide bonds. The van der Waals surface area contributed by atoms with Crippen molar-refractivity contribution < 1.29 is 17.9 Å². The number of hydrogen-bond donors (Lipinski definition) is 1. The lowest BCUT2D eigenvalue weighted by Crippen LogP contribution is -2.19. The molecule has 108 valence electrons. The Labute approximate surface area is 118 Å². The number of aromatic nitrogens is 1. The fourth-order valence-electron chi connectivity index (χ4n) is 1.54. The molecule has 1 N–H and O–H groups in total. The monoisotopic (exact) mass is 293 g/mol. The molecule has 4 nitrogen and oxygen atoms in total. The van der Waals surface area contributed by atoms with Gasteiger partial charge in [-0.2, -0.15) is 18.4 Å². The van der Waals surface area contributed by atoms with Gasteiger partial charge in [0.15, 0.2) is 6.61 Å². The maximum atomic E-state index is 12.1. The molecule has 0 saturated carbocycles. The van der Waals surface area contributed by atoms with Gasteiger partial charge in [-0.15, -0.1) is 0 Å². The van der Waals surface area contributed by atoms with Gasteiger partial charge < -0.3 is 10.1 Å². The largest absolute Gasteiger partial charge is 0.484 e. The molecule has 1 aromatic carbocycles. The van der Waals surface area contributed by atoms with E-state index in [0.29, 0.717) is 11.5 Å². The van der Waals surface area contributed by atoms with E-state index >= 15 is 0 Å². The summed E-state index contributed by atoms with van der Waals surface area (Å²) in [6.07, 6.45) is -4.38. The van der Waals surface area contributed by atoms with Gasteiger partial charge in [-0.25, -0.2) is 4.98 Å². The molecule has 0 radical (unpaired) electrons. The topological polar surface area (TPSA) is 57.9 Å². The van der Waals surface area contributed by atoms with Crippen molar-refractivity contribution in [2.45, 2.75) is 6.18 Å². The van der Waals surface area contributed by atoms with Crippen LogP contribution in [0.1, 0.15) is 5.69 Å². The maximum absolute atomic E-state index is 12.1. The average Bonchev–Trinajstić information content (AvgIpc) is 2.45. The van der Waals surface area contributed by atoms with Crippen molar-refractivity contribution in [3.8, 4) is 11.8 Å². The smallest absolute Gasteiger partial charge is 0.422 e. The van der Waals surface area contributed by atoms with E-state index in [1.807, 2.05) is 6.07 Å². The number of anilines is 2. The van der Waals surface area contributed by atoms with Crippen molar-refractivity contribution in [2.75, 3.05) is 11.9 Å². The maximum Gasteiger partial charge on any atom is 0.422 e. The number of hydrogen-bond acceptors (Lipinski definition) is 4. The van der Waals surface area contributed by atoms with Crippen molar-refractivity contribution in [3.05, 3.63) is 48.2 Å². The molecule has 2 rings (SSSR count). The predicted octanol–water partition coefficient (Wildman–Crippen LogP) is 3.64. The molecular weight excluding hydrogens is 283 g/mol. The molecule has 1 aromatic heterocycles. The lowest BCUT2D eigenvalue weighted by Gasteiger charge is -2.11. The molecule has 0 bridgehead atoms. The summed E-state index contributed by atoms with van der Waals surface area (Å²) in [4.78, 5) is 4.01. The van der Waals surface area contributed by atoms with Crippen LogP contribution in [0.15, 0.2) is 42.5 Å². The summed E-state index contributed by atoms with van der Waals surface area (Å²) in [5, 5.41) is 11.6. The van der Waals surface area contributed by atoms with Gasteiger partial charge in [0, 0.05) is 11.8 Å². The average molecular weight is 293 g/mol. The van der Waals surface area contributed by atoms with Gasteiger partial charge in [0.2, 0.25) is 0 Å². The molecule has 0 aliphatic carbocycles. The second-order valence-corrected chi connectivity index (χ2v) is 4.08. The Bertz CT molecular complexity index is 665. The number of nitriles is 1. The van der Waals surface area contributed by atoms with Crippen molar-refractivity contribution in [3.63, 3.8) is 0 Å². The van der Waals surface area contributed by atoms with Crippen molar-refractivity contribution in [2.24, 2.45) is 0 Å². The van der Waals surface area contributed by atoms with E-state index in [4.69, 9.17) is 5.26 Å². The summed E-state index contributed by atoms with van der Waals surface area (Å²) < 4.78 is 40.9. The minimum absolute atomic E-state index is 0.0914. The highest BCUT2D eigenvalue weighted by Gasteiger charge is 2.28. The fraction of sp³-hybridized carbons (Fsp3) is 0.143. The first-order valence-corrected chi connectivity index (χ1v) is 5.90. The van der Waals surface area contributed by atoms with Gasteiger partial charge in [0.25, 0.3) is 0 Å². The Morgan fingerprint density at radius 1 is 1.19 bits per heavy atom. The minimum Gasteiger partial charge on any atom is -0.484 e. The summed E-state index contributed by atoms with van der Waals surface area (Å²) in [5.41, 5.74) is 0.752. The second-order valence-electron chi connectivity index (χ2n) is 4.08. The van der Waals surface area contributed by atoms with Crippen LogP contribution in [0.4, 0.5) is 24.7 Å². The first-order valence-electron chi connectivity index (χ1n) is 5.90. The zero-order valence-corrected chi connectivity index (χ0v) is 10.7. The van der Waals surface area contributed by atoms with Crippen LogP contribution in [0.25, 0.3) is 0 Å². The number of rotatable bonds is 4. The zero-order chi connectivity index (χ0) is 15.3. The van der Waals surface area contributed by atoms with Crippen LogP contribution in [0.2, 0.25) is 0 Å². The first-order chi connectivity index (χ1) is 9.96. The van der Waals surface area contributed by atoms with E-state index in [9.17, 15) is 13.2 Å². The molecule has 0 unspecified atom stereocenters. The normalized spacial score (nSPS) is 10.8. The number of benzene rings is 1. The van der Waals surface area contributed by atoms with E-state index in [1.165, 1.54) is 12.1 Å². The predicted molar refractivity (Wildman–Crippen MR) is 70.2 cm³/mol. The Kier molecular flexibility index (Phi) is 4.28. The summed E-state index contributed by atoms with van der Waals surface area (Å²) in [5.74, 6) is 0.510. The highest BCUT2D eigenvalue weighted by atomic mass is 19.4. The molecule has 2 aromatic rings. The van der Waals surface area contributed by atoms with Crippen LogP contribution in [0.5, 0.6) is 5.75 Å². The molecule has 0 aliphatic heterocycles. The SMILES string of the molecule is N#Cc1cccc(Nc2cccc(OCC(F)(F)F)c2)n1. The second kappa shape index (κ2) is 6.13. The Balaban J connectivity index is 2.09. The number of nitrogens with zero attached hydrogens (tertiary/aromatic N) is 2. The molecular formula is C14H10F3N3O. The molecule has 21 heavy (non-hydrogen) atoms. The van der Waals surface area contributed by atoms with Crippen molar-refractivity contribution in [1.29, 1.82) is 5.26 Å². The van der Waals surface area contributed by atoms with Crippen LogP contribution >= 0.6 is 0 Å². The van der Waals surface area contributed by atoms with Crippen LogP contribution in [0.3, 0.4) is 0 Å². The number of pyridine rings is 1. The van der Waals surface area contributed by atoms with Crippen molar-refractivity contribution >= 4 is 11.5 Å². The molecule has 1 heterocycles. The van der Waals surface area contributed by atoms with E-state index in [-0.39, 0.29) is 11.4 Å². The third kappa shape index (κ3) is 4.69. The summed E-state index contributed by atoms with van der Waals surface area (Å²) in [6, 6.07) is 12.8. The van der Waals surface area contributed by atoms with Crippen molar-refractivity contribution in [1.82, 2.24) is 4.98 Å². The Hall–Kier alpha value is -2.75. The third-order valence-corrected chi connectivity index (χ3v) is 2.37. The number of ether oxygens (including phenoxy) is 1. The van der Waals surface area contributed by atoms with E-state index in [1.54, 1.807) is 30.3 Å². The molecule has 0 spiro atoms. The van der Waals surface area contributed by atoms with Gasteiger partial charge in [-0.3, -0.25) is 0 Å². The minimum atomic E-state index is -4.38. The Morgan fingerprint density at radius 3 is 2.67 bits per heavy atom. The molecule has 0 aliphatic rings. The third-order valence-electron chi connectivity index (χ3n) is 2.37.